The van der Waals surface area contributed by atoms with Crippen LogP contribution < -0.4 is 0 Å². The van der Waals surface area contributed by atoms with Crippen molar-refractivity contribution in [2.24, 2.45) is 0 Å². The van der Waals surface area contributed by atoms with Crippen molar-refractivity contribution in [2.45, 2.75) is 30.5 Å². The fourth-order valence-corrected chi connectivity index (χ4v) is 3.78. The molecule has 4 rings (SSSR count). The number of rotatable bonds is 7. The van der Waals surface area contributed by atoms with Gasteiger partial charge >= 0.3 is 0 Å². The molecule has 1 fully saturated rings. The van der Waals surface area contributed by atoms with Crippen LogP contribution in [0.3, 0.4) is 0 Å². The Morgan fingerprint density at radius 1 is 1.20 bits per heavy atom. The molecule has 1 aliphatic carbocycles. The molecule has 0 radical (unpaired) electrons. The highest BCUT2D eigenvalue weighted by Gasteiger charge is 2.30. The van der Waals surface area contributed by atoms with E-state index < -0.39 is 0 Å². The predicted molar refractivity (Wildman–Crippen MR) is 101 cm³/mol. The highest BCUT2D eigenvalue weighted by Crippen LogP contribution is 2.40. The zero-order valence-corrected chi connectivity index (χ0v) is 14.7. The van der Waals surface area contributed by atoms with Crippen LogP contribution in [0.1, 0.15) is 34.9 Å². The molecule has 0 bridgehead atoms. The molecule has 0 spiro atoms. The lowest BCUT2D eigenvalue weighted by molar-refractivity contribution is 0.102. The lowest BCUT2D eigenvalue weighted by Crippen LogP contribution is -2.06. The van der Waals surface area contributed by atoms with E-state index in [9.17, 15) is 4.79 Å². The van der Waals surface area contributed by atoms with Crippen molar-refractivity contribution in [3.63, 3.8) is 0 Å². The van der Waals surface area contributed by atoms with Crippen LogP contribution >= 0.6 is 11.8 Å². The number of carbonyl (C=O) groups excluding carboxylic acids is 1. The third kappa shape index (κ3) is 3.37. The van der Waals surface area contributed by atoms with Crippen LogP contribution in [0.5, 0.6) is 0 Å². The monoisotopic (exact) mass is 349 g/mol. The first-order valence-corrected chi connectivity index (χ1v) is 9.43. The quantitative estimate of drug-likeness (QED) is 0.359. The minimum Gasteiger partial charge on any atom is -0.302 e. The number of ketones is 1. The number of carbonyl (C=O) groups is 1. The molecular formula is C20H19N3OS. The summed E-state index contributed by atoms with van der Waals surface area (Å²) in [6.45, 7) is 4.50. The Hall–Kier alpha value is -2.40. The summed E-state index contributed by atoms with van der Waals surface area (Å²) in [6.07, 6.45) is 4.20. The summed E-state index contributed by atoms with van der Waals surface area (Å²) in [5, 5.41) is 11.6. The summed E-state index contributed by atoms with van der Waals surface area (Å²) in [5.74, 6) is 2.02. The molecular weight excluding hydrogens is 330 g/mol. The Bertz CT molecular complexity index is 943. The molecule has 0 aliphatic heterocycles. The van der Waals surface area contributed by atoms with Crippen LogP contribution in [0.15, 0.2) is 60.3 Å². The van der Waals surface area contributed by atoms with Crippen molar-refractivity contribution < 1.29 is 4.79 Å². The molecule has 25 heavy (non-hydrogen) atoms. The Labute approximate surface area is 151 Å². The zero-order valence-electron chi connectivity index (χ0n) is 13.9. The highest BCUT2D eigenvalue weighted by atomic mass is 32.2. The molecule has 2 aromatic carbocycles. The molecule has 1 saturated carbocycles. The van der Waals surface area contributed by atoms with E-state index in [0.29, 0.717) is 18.2 Å². The minimum atomic E-state index is 0.108. The van der Waals surface area contributed by atoms with Gasteiger partial charge in [0.2, 0.25) is 0 Å². The van der Waals surface area contributed by atoms with E-state index in [2.05, 4.69) is 27.4 Å². The summed E-state index contributed by atoms with van der Waals surface area (Å²) in [4.78, 5) is 12.6. The van der Waals surface area contributed by atoms with Gasteiger partial charge in [0.25, 0.3) is 0 Å². The predicted octanol–water partition coefficient (Wildman–Crippen LogP) is 4.47. The van der Waals surface area contributed by atoms with Gasteiger partial charge in [-0.3, -0.25) is 4.79 Å². The van der Waals surface area contributed by atoms with Gasteiger partial charge in [-0.2, -0.15) is 0 Å². The molecule has 1 aliphatic rings. The molecule has 4 nitrogen and oxygen atoms in total. The number of aromatic nitrogens is 3. The summed E-state index contributed by atoms with van der Waals surface area (Å²) in [7, 11) is 0. The van der Waals surface area contributed by atoms with Gasteiger partial charge in [0.05, 0.1) is 5.75 Å². The standard InChI is InChI=1S/C20H19N3OS/c1-2-11-23-19(15-8-9-15)21-22-20(23)25-13-18(24)17-10-7-14-5-3-4-6-16(14)12-17/h2-7,10,12,15H,1,8-9,11,13H2. The molecule has 0 amide bonds. The average molecular weight is 349 g/mol. The highest BCUT2D eigenvalue weighted by molar-refractivity contribution is 7.99. The Morgan fingerprint density at radius 2 is 2.00 bits per heavy atom. The van der Waals surface area contributed by atoms with Crippen molar-refractivity contribution in [1.82, 2.24) is 14.8 Å². The first kappa shape index (κ1) is 16.1. The lowest BCUT2D eigenvalue weighted by Gasteiger charge is -2.07. The Kier molecular flexibility index (Phi) is 4.40. The number of fused-ring (bicyclic) bond motifs is 1. The molecule has 1 aromatic heterocycles. The van der Waals surface area contributed by atoms with E-state index in [1.807, 2.05) is 42.5 Å². The molecule has 1 heterocycles. The first-order valence-electron chi connectivity index (χ1n) is 8.45. The van der Waals surface area contributed by atoms with Gasteiger partial charge in [0, 0.05) is 18.0 Å². The number of thioether (sulfide) groups is 1. The zero-order chi connectivity index (χ0) is 17.2. The summed E-state index contributed by atoms with van der Waals surface area (Å²) >= 11 is 1.45. The van der Waals surface area contributed by atoms with Crippen molar-refractivity contribution in [1.29, 1.82) is 0 Å². The lowest BCUT2D eigenvalue weighted by atomic mass is 10.1. The number of allylic oxidation sites excluding steroid dienone is 1. The van der Waals surface area contributed by atoms with E-state index in [-0.39, 0.29) is 5.78 Å². The minimum absolute atomic E-state index is 0.108. The largest absolute Gasteiger partial charge is 0.302 e. The van der Waals surface area contributed by atoms with E-state index in [0.717, 1.165) is 27.3 Å². The van der Waals surface area contributed by atoms with Crippen molar-refractivity contribution in [3.05, 3.63) is 66.5 Å². The Balaban J connectivity index is 1.50. The number of nitrogens with zero attached hydrogens (tertiary/aromatic N) is 3. The average Bonchev–Trinajstić information content (AvgIpc) is 3.41. The third-order valence-corrected chi connectivity index (χ3v) is 5.37. The van der Waals surface area contributed by atoms with Crippen LogP contribution in [-0.4, -0.2) is 26.3 Å². The van der Waals surface area contributed by atoms with Gasteiger partial charge in [-0.1, -0.05) is 54.2 Å². The second kappa shape index (κ2) is 6.84. The van der Waals surface area contributed by atoms with Crippen LogP contribution in [-0.2, 0) is 6.54 Å². The summed E-state index contributed by atoms with van der Waals surface area (Å²) in [5.41, 5.74) is 0.739. The SMILES string of the molecule is C=CCn1c(SCC(=O)c2ccc3ccccc3c2)nnc1C1CC1. The fraction of sp³-hybridized carbons (Fsp3) is 0.250. The number of hydrogen-bond acceptors (Lipinski definition) is 4. The molecule has 0 saturated heterocycles. The normalized spacial score (nSPS) is 13.9. The van der Waals surface area contributed by atoms with Crippen LogP contribution in [0.2, 0.25) is 0 Å². The second-order valence-electron chi connectivity index (χ2n) is 6.29. The fourth-order valence-electron chi connectivity index (χ4n) is 2.93. The number of Topliss-reactive ketones (excluding diaryl/α,β-unsaturated/α-hetero) is 1. The summed E-state index contributed by atoms with van der Waals surface area (Å²) in [6, 6.07) is 13.9. The van der Waals surface area contributed by atoms with E-state index in [4.69, 9.17) is 0 Å². The van der Waals surface area contributed by atoms with Gasteiger partial charge in [-0.15, -0.1) is 16.8 Å². The van der Waals surface area contributed by atoms with Gasteiger partial charge < -0.3 is 4.57 Å². The number of hydrogen-bond donors (Lipinski definition) is 0. The van der Waals surface area contributed by atoms with Gasteiger partial charge in [0.1, 0.15) is 5.82 Å². The Morgan fingerprint density at radius 3 is 2.76 bits per heavy atom. The first-order chi connectivity index (χ1) is 12.3. The third-order valence-electron chi connectivity index (χ3n) is 4.40. The van der Waals surface area contributed by atoms with Gasteiger partial charge in [-0.05, 0) is 29.7 Å². The van der Waals surface area contributed by atoms with Crippen molar-refractivity contribution >= 4 is 28.3 Å². The maximum atomic E-state index is 12.6. The van der Waals surface area contributed by atoms with Crippen LogP contribution in [0, 0.1) is 0 Å². The molecule has 126 valence electrons. The topological polar surface area (TPSA) is 47.8 Å². The van der Waals surface area contributed by atoms with E-state index in [1.165, 1.54) is 24.6 Å². The van der Waals surface area contributed by atoms with Gasteiger partial charge in [0.15, 0.2) is 10.9 Å². The van der Waals surface area contributed by atoms with E-state index in [1.54, 1.807) is 0 Å². The van der Waals surface area contributed by atoms with E-state index >= 15 is 0 Å². The van der Waals surface area contributed by atoms with Crippen LogP contribution in [0.4, 0.5) is 0 Å². The van der Waals surface area contributed by atoms with Crippen molar-refractivity contribution in [2.75, 3.05) is 5.75 Å². The summed E-state index contributed by atoms with van der Waals surface area (Å²) < 4.78 is 2.09. The maximum absolute atomic E-state index is 12.6. The molecule has 0 unspecified atom stereocenters. The smallest absolute Gasteiger partial charge is 0.191 e. The molecule has 0 N–H and O–H groups in total. The van der Waals surface area contributed by atoms with Crippen LogP contribution in [0.25, 0.3) is 10.8 Å². The number of benzene rings is 2. The second-order valence-corrected chi connectivity index (χ2v) is 7.23. The molecule has 5 heteroatoms. The van der Waals surface area contributed by atoms with Gasteiger partial charge in [-0.25, -0.2) is 0 Å². The maximum Gasteiger partial charge on any atom is 0.191 e. The molecule has 3 aromatic rings. The van der Waals surface area contributed by atoms with Crippen molar-refractivity contribution in [3.8, 4) is 0 Å². The molecule has 0 atom stereocenters.